The summed E-state index contributed by atoms with van der Waals surface area (Å²) in [6.45, 7) is 0. The molecule has 0 aromatic heterocycles. The van der Waals surface area contributed by atoms with E-state index < -0.39 is 40.7 Å². The number of nitro benzene ring substituents is 1. The van der Waals surface area contributed by atoms with Crippen LogP contribution < -0.4 is 9.64 Å². The monoisotopic (exact) mass is 529 g/mol. The first kappa shape index (κ1) is 23.9. The lowest BCUT2D eigenvalue weighted by Gasteiger charge is -2.35. The summed E-state index contributed by atoms with van der Waals surface area (Å²) in [6, 6.07) is 16.1. The molecule has 190 valence electrons. The van der Waals surface area contributed by atoms with Crippen molar-refractivity contribution >= 4 is 46.6 Å². The van der Waals surface area contributed by atoms with Crippen molar-refractivity contribution in [3.63, 3.8) is 0 Å². The van der Waals surface area contributed by atoms with Gasteiger partial charge >= 0.3 is 0 Å². The molecule has 3 aliphatic heterocycles. The molecule has 3 aliphatic rings. The molecule has 0 bridgehead atoms. The quantitative estimate of drug-likeness (QED) is 0.205. The number of hydrogen-bond acceptors (Lipinski definition) is 7. The number of ether oxygens (including phenoxy) is 1. The van der Waals surface area contributed by atoms with Gasteiger partial charge in [0, 0.05) is 28.9 Å². The predicted octanol–water partition coefficient (Wildman–Crippen LogP) is 4.66. The molecule has 10 heteroatoms. The lowest BCUT2D eigenvalue weighted by molar-refractivity contribution is -0.384. The third-order valence-electron chi connectivity index (χ3n) is 7.47. The maximum Gasteiger partial charge on any atom is 0.271 e. The molecular formula is C28H20ClN3O6. The Balaban J connectivity index is 1.51. The van der Waals surface area contributed by atoms with Gasteiger partial charge in [-0.2, -0.15) is 0 Å². The number of fused-ring (bicyclic) bond motifs is 5. The van der Waals surface area contributed by atoms with Crippen molar-refractivity contribution in [2.24, 2.45) is 11.8 Å². The predicted molar refractivity (Wildman–Crippen MR) is 139 cm³/mol. The number of hydrogen-bond donors (Lipinski definition) is 0. The topological polar surface area (TPSA) is 110 Å². The van der Waals surface area contributed by atoms with E-state index in [-0.39, 0.29) is 22.9 Å². The fourth-order valence-electron chi connectivity index (χ4n) is 5.85. The molecule has 6 rings (SSSR count). The second-order valence-electron chi connectivity index (χ2n) is 9.33. The summed E-state index contributed by atoms with van der Waals surface area (Å²) in [6.07, 6.45) is 3.63. The highest BCUT2D eigenvalue weighted by Gasteiger charge is 2.64. The number of Topliss-reactive ketones (excluding diaryl/α,β-unsaturated/α-hetero) is 1. The molecule has 3 heterocycles. The van der Waals surface area contributed by atoms with Crippen molar-refractivity contribution in [2.45, 2.75) is 12.1 Å². The minimum Gasteiger partial charge on any atom is -0.495 e. The van der Waals surface area contributed by atoms with E-state index in [1.54, 1.807) is 35.4 Å². The summed E-state index contributed by atoms with van der Waals surface area (Å²) in [5.74, 6) is -3.23. The van der Waals surface area contributed by atoms with Crippen LogP contribution in [-0.4, -0.2) is 40.6 Å². The SMILES string of the molecule is COc1ccc([N+](=O)[O-])cc1N1C(=O)[C@@H]2[C@H](C1=O)[C@H]1c3ccccc3C=CN1[C@@H]2C(=O)c1ccc(Cl)cc1. The molecule has 38 heavy (non-hydrogen) atoms. The number of anilines is 1. The Morgan fingerprint density at radius 1 is 1.00 bits per heavy atom. The molecular weight excluding hydrogens is 510 g/mol. The van der Waals surface area contributed by atoms with Crippen LogP contribution in [0.15, 0.2) is 72.9 Å². The van der Waals surface area contributed by atoms with Gasteiger partial charge in [0.1, 0.15) is 17.5 Å². The Bertz CT molecular complexity index is 1550. The zero-order chi connectivity index (χ0) is 26.7. The maximum atomic E-state index is 14.1. The van der Waals surface area contributed by atoms with Gasteiger partial charge in [0.2, 0.25) is 11.8 Å². The van der Waals surface area contributed by atoms with Crippen LogP contribution in [0.2, 0.25) is 5.02 Å². The standard InChI is InChI=1S/C28H20ClN3O6/c1-38-21-11-10-18(32(36)37)14-20(21)31-27(34)22-23(28(31)35)25(26(33)16-6-8-17(29)9-7-16)30-13-12-15-4-2-3-5-19(15)24(22)30/h2-14,22-25H,1H3/t22-,23+,24+,25-/m0/s1. The Hall–Kier alpha value is -4.50. The molecule has 0 spiro atoms. The zero-order valence-corrected chi connectivity index (χ0v) is 20.7. The highest BCUT2D eigenvalue weighted by atomic mass is 35.5. The number of ketones is 1. The van der Waals surface area contributed by atoms with E-state index in [1.165, 1.54) is 19.2 Å². The van der Waals surface area contributed by atoms with Gasteiger partial charge in [0.05, 0.1) is 29.9 Å². The first-order chi connectivity index (χ1) is 18.3. The number of imide groups is 1. The van der Waals surface area contributed by atoms with Gasteiger partial charge in [-0.3, -0.25) is 24.5 Å². The Morgan fingerprint density at radius 3 is 2.42 bits per heavy atom. The van der Waals surface area contributed by atoms with Gasteiger partial charge < -0.3 is 9.64 Å². The van der Waals surface area contributed by atoms with Crippen molar-refractivity contribution in [1.82, 2.24) is 4.90 Å². The van der Waals surface area contributed by atoms with Crippen LogP contribution in [0.1, 0.15) is 27.5 Å². The van der Waals surface area contributed by atoms with E-state index in [2.05, 4.69) is 0 Å². The molecule has 4 atom stereocenters. The summed E-state index contributed by atoms with van der Waals surface area (Å²) < 4.78 is 5.36. The second kappa shape index (κ2) is 8.81. The fraction of sp³-hybridized carbons (Fsp3) is 0.179. The zero-order valence-electron chi connectivity index (χ0n) is 20.0. The van der Waals surface area contributed by atoms with Gasteiger partial charge in [-0.05, 0) is 47.5 Å². The number of benzene rings is 3. The molecule has 9 nitrogen and oxygen atoms in total. The van der Waals surface area contributed by atoms with Crippen LogP contribution in [0.3, 0.4) is 0 Å². The molecule has 2 amide bonds. The van der Waals surface area contributed by atoms with E-state index in [4.69, 9.17) is 16.3 Å². The minimum atomic E-state index is -1.02. The van der Waals surface area contributed by atoms with Gasteiger partial charge in [-0.25, -0.2) is 4.90 Å². The summed E-state index contributed by atoms with van der Waals surface area (Å²) in [4.78, 5) is 55.7. The number of nitrogens with zero attached hydrogens (tertiary/aromatic N) is 3. The van der Waals surface area contributed by atoms with E-state index >= 15 is 0 Å². The van der Waals surface area contributed by atoms with Crippen LogP contribution in [-0.2, 0) is 9.59 Å². The molecule has 0 saturated carbocycles. The van der Waals surface area contributed by atoms with Crippen LogP contribution in [0.4, 0.5) is 11.4 Å². The third-order valence-corrected chi connectivity index (χ3v) is 7.73. The van der Waals surface area contributed by atoms with Crippen molar-refractivity contribution in [2.75, 3.05) is 12.0 Å². The molecule has 3 aromatic rings. The number of non-ortho nitro benzene ring substituents is 1. The number of halogens is 1. The Morgan fingerprint density at radius 2 is 1.71 bits per heavy atom. The summed E-state index contributed by atoms with van der Waals surface area (Å²) in [7, 11) is 1.35. The summed E-state index contributed by atoms with van der Waals surface area (Å²) in [5.41, 5.74) is 1.76. The number of carbonyl (C=O) groups excluding carboxylic acids is 3. The largest absolute Gasteiger partial charge is 0.495 e. The number of nitro groups is 1. The smallest absolute Gasteiger partial charge is 0.271 e. The summed E-state index contributed by atoms with van der Waals surface area (Å²) in [5, 5.41) is 11.9. The first-order valence-corrected chi connectivity index (χ1v) is 12.2. The average molecular weight is 530 g/mol. The Labute approximate surface area is 222 Å². The van der Waals surface area contributed by atoms with Crippen molar-refractivity contribution in [1.29, 1.82) is 0 Å². The molecule has 2 fully saturated rings. The van der Waals surface area contributed by atoms with E-state index in [9.17, 15) is 24.5 Å². The number of carbonyl (C=O) groups is 3. The van der Waals surface area contributed by atoms with Gasteiger partial charge in [-0.1, -0.05) is 35.9 Å². The highest BCUT2D eigenvalue weighted by molar-refractivity contribution is 6.30. The van der Waals surface area contributed by atoms with Crippen molar-refractivity contribution in [3.8, 4) is 5.75 Å². The van der Waals surface area contributed by atoms with Crippen LogP contribution >= 0.6 is 11.6 Å². The summed E-state index contributed by atoms with van der Waals surface area (Å²) >= 11 is 6.03. The lowest BCUT2D eigenvalue weighted by atomic mass is 9.83. The van der Waals surface area contributed by atoms with E-state index in [0.29, 0.717) is 10.6 Å². The van der Waals surface area contributed by atoms with Crippen molar-refractivity contribution in [3.05, 3.63) is 105 Å². The maximum absolute atomic E-state index is 14.1. The minimum absolute atomic E-state index is 0.0185. The fourth-order valence-corrected chi connectivity index (χ4v) is 5.97. The molecule has 3 aromatic carbocycles. The average Bonchev–Trinajstić information content (AvgIpc) is 3.40. The van der Waals surface area contributed by atoms with Crippen LogP contribution in [0, 0.1) is 22.0 Å². The highest BCUT2D eigenvalue weighted by Crippen LogP contribution is 2.54. The van der Waals surface area contributed by atoms with E-state index in [1.807, 2.05) is 30.3 Å². The van der Waals surface area contributed by atoms with Crippen molar-refractivity contribution < 1.29 is 24.0 Å². The number of rotatable bonds is 5. The van der Waals surface area contributed by atoms with Gasteiger partial charge in [0.25, 0.3) is 5.69 Å². The molecule has 0 aliphatic carbocycles. The van der Waals surface area contributed by atoms with Gasteiger partial charge in [0.15, 0.2) is 5.78 Å². The second-order valence-corrected chi connectivity index (χ2v) is 9.77. The van der Waals surface area contributed by atoms with Gasteiger partial charge in [-0.15, -0.1) is 0 Å². The molecule has 2 saturated heterocycles. The molecule has 0 unspecified atom stereocenters. The molecule has 0 N–H and O–H groups in total. The molecule has 0 radical (unpaired) electrons. The Kier molecular flexibility index (Phi) is 5.53. The van der Waals surface area contributed by atoms with Crippen LogP contribution in [0.5, 0.6) is 5.75 Å². The van der Waals surface area contributed by atoms with Crippen LogP contribution in [0.25, 0.3) is 6.08 Å². The third kappa shape index (κ3) is 3.42. The number of methoxy groups -OCH3 is 1. The normalized spacial score (nSPS) is 23.2. The number of amides is 2. The van der Waals surface area contributed by atoms with E-state index in [0.717, 1.165) is 22.1 Å². The lowest BCUT2D eigenvalue weighted by Crippen LogP contribution is -2.44. The first-order valence-electron chi connectivity index (χ1n) is 11.9.